The Morgan fingerprint density at radius 2 is 1.80 bits per heavy atom. The molecular weight excluding hydrogens is 554 g/mol. The largest absolute Gasteiger partial charge is 0.416 e. The fourth-order valence-corrected chi connectivity index (χ4v) is 7.20. The number of nitriles is 1. The van der Waals surface area contributed by atoms with Gasteiger partial charge in [-0.25, -0.2) is 4.39 Å². The summed E-state index contributed by atoms with van der Waals surface area (Å²) in [7, 11) is -3.81. The van der Waals surface area contributed by atoms with Gasteiger partial charge in [-0.15, -0.1) is 0 Å². The van der Waals surface area contributed by atoms with Crippen LogP contribution in [-0.4, -0.2) is 72.5 Å². The topological polar surface area (TPSA) is 114 Å². The maximum absolute atomic E-state index is 14.7. The molecule has 9 nitrogen and oxygen atoms in total. The van der Waals surface area contributed by atoms with Crippen LogP contribution in [0.4, 0.5) is 17.6 Å². The number of carbonyl (C=O) groups excluding carboxylic acids is 2. The molecule has 0 saturated carbocycles. The van der Waals surface area contributed by atoms with Crippen molar-refractivity contribution in [2.24, 2.45) is 11.8 Å². The van der Waals surface area contributed by atoms with Gasteiger partial charge in [0.15, 0.2) is 0 Å². The molecule has 14 heteroatoms. The van der Waals surface area contributed by atoms with E-state index in [1.54, 1.807) is 0 Å². The van der Waals surface area contributed by atoms with Crippen LogP contribution >= 0.6 is 0 Å². The normalized spacial score (nSPS) is 23.8. The van der Waals surface area contributed by atoms with Crippen molar-refractivity contribution in [2.45, 2.75) is 50.9 Å². The van der Waals surface area contributed by atoms with Crippen LogP contribution in [0.15, 0.2) is 30.4 Å². The van der Waals surface area contributed by atoms with Gasteiger partial charge in [0, 0.05) is 38.3 Å². The van der Waals surface area contributed by atoms with Gasteiger partial charge in [-0.3, -0.25) is 9.59 Å². The number of alkyl halides is 3. The molecule has 3 atom stereocenters. The number of hydrogen-bond acceptors (Lipinski definition) is 5. The Morgan fingerprint density at radius 1 is 1.12 bits per heavy atom. The predicted octanol–water partition coefficient (Wildman–Crippen LogP) is 2.98. The standard InChI is InChI=1S/C26H31F4N5O4S/c1-16(2)23(20-8-7-19(11-21(20)27)26(28,29)30)32-24(36)22-6-4-10-35(22)25(37)18-5-3-9-33(15-18)40(38,39)34-13-17(12-31)14-34/h7-8,11,17-18,22-23H,1,3-6,9-10,13-15H2,2H3,(H,32,36)/t18-,22+,23+/m0/s1. The summed E-state index contributed by atoms with van der Waals surface area (Å²) in [5.74, 6) is -3.10. The number of amides is 2. The second kappa shape index (κ2) is 11.5. The molecule has 0 aliphatic carbocycles. The fourth-order valence-electron chi connectivity index (χ4n) is 5.41. The lowest BCUT2D eigenvalue weighted by molar-refractivity contribution is -0.142. The lowest BCUT2D eigenvalue weighted by Gasteiger charge is -2.41. The number of nitrogens with one attached hydrogen (secondary N) is 1. The Labute approximate surface area is 230 Å². The highest BCUT2D eigenvalue weighted by molar-refractivity contribution is 7.86. The first-order valence-electron chi connectivity index (χ1n) is 13.0. The van der Waals surface area contributed by atoms with E-state index in [1.807, 2.05) is 6.07 Å². The van der Waals surface area contributed by atoms with Gasteiger partial charge in [0.1, 0.15) is 11.9 Å². The molecule has 4 rings (SSSR count). The minimum absolute atomic E-state index is 0.0368. The SMILES string of the molecule is C=C(C)[C@@H](NC(=O)[C@H]1CCCN1C(=O)[C@H]1CCCN(S(=O)(=O)N2CC(C#N)C2)C1)c1ccc(C(F)(F)F)cc1F. The zero-order chi connectivity index (χ0) is 29.4. The van der Waals surface area contributed by atoms with E-state index >= 15 is 0 Å². The quantitative estimate of drug-likeness (QED) is 0.391. The molecule has 218 valence electrons. The highest BCUT2D eigenvalue weighted by Gasteiger charge is 2.44. The zero-order valence-electron chi connectivity index (χ0n) is 22.0. The minimum Gasteiger partial charge on any atom is -0.344 e. The smallest absolute Gasteiger partial charge is 0.344 e. The lowest BCUT2D eigenvalue weighted by atomic mass is 9.97. The van der Waals surface area contributed by atoms with Crippen molar-refractivity contribution in [3.8, 4) is 6.07 Å². The molecule has 3 saturated heterocycles. The van der Waals surface area contributed by atoms with Crippen molar-refractivity contribution in [1.82, 2.24) is 18.8 Å². The molecular formula is C26H31F4N5O4S. The molecule has 0 radical (unpaired) electrons. The fraction of sp³-hybridized carbons (Fsp3) is 0.577. The van der Waals surface area contributed by atoms with Crippen LogP contribution in [0.5, 0.6) is 0 Å². The molecule has 3 aliphatic heterocycles. The molecule has 2 amide bonds. The summed E-state index contributed by atoms with van der Waals surface area (Å²) < 4.78 is 82.1. The van der Waals surface area contributed by atoms with Crippen molar-refractivity contribution in [3.05, 3.63) is 47.3 Å². The van der Waals surface area contributed by atoms with Gasteiger partial charge in [0.25, 0.3) is 10.2 Å². The van der Waals surface area contributed by atoms with E-state index in [2.05, 4.69) is 11.9 Å². The number of nitrogens with zero attached hydrogens (tertiary/aromatic N) is 4. The van der Waals surface area contributed by atoms with Crippen LogP contribution in [0.2, 0.25) is 0 Å². The van der Waals surface area contributed by atoms with Crippen molar-refractivity contribution in [1.29, 1.82) is 5.26 Å². The Morgan fingerprint density at radius 3 is 2.40 bits per heavy atom. The molecule has 3 aliphatic rings. The Balaban J connectivity index is 1.45. The second-order valence-corrected chi connectivity index (χ2v) is 12.5. The maximum Gasteiger partial charge on any atom is 0.416 e. The van der Waals surface area contributed by atoms with Crippen molar-refractivity contribution in [3.63, 3.8) is 0 Å². The molecule has 1 aromatic rings. The highest BCUT2D eigenvalue weighted by Crippen LogP contribution is 2.33. The first-order chi connectivity index (χ1) is 18.7. The number of likely N-dealkylation sites (tertiary alicyclic amines) is 1. The number of benzene rings is 1. The highest BCUT2D eigenvalue weighted by atomic mass is 32.2. The van der Waals surface area contributed by atoms with E-state index < -0.39 is 51.7 Å². The van der Waals surface area contributed by atoms with Gasteiger partial charge in [0.2, 0.25) is 11.8 Å². The predicted molar refractivity (Wildman–Crippen MR) is 136 cm³/mol. The molecule has 1 N–H and O–H groups in total. The molecule has 1 aromatic carbocycles. The van der Waals surface area contributed by atoms with Gasteiger partial charge in [-0.2, -0.15) is 35.5 Å². The summed E-state index contributed by atoms with van der Waals surface area (Å²) in [5.41, 5.74) is -1.04. The van der Waals surface area contributed by atoms with E-state index in [0.29, 0.717) is 37.3 Å². The molecule has 3 heterocycles. The minimum atomic E-state index is -4.73. The average Bonchev–Trinajstić information content (AvgIpc) is 3.36. The summed E-state index contributed by atoms with van der Waals surface area (Å²) in [6.45, 7) is 5.99. The summed E-state index contributed by atoms with van der Waals surface area (Å²) in [4.78, 5) is 28.2. The Hall–Kier alpha value is -3.02. The van der Waals surface area contributed by atoms with Crippen LogP contribution in [0.25, 0.3) is 0 Å². The van der Waals surface area contributed by atoms with E-state index in [-0.39, 0.29) is 50.1 Å². The first-order valence-corrected chi connectivity index (χ1v) is 14.4. The van der Waals surface area contributed by atoms with Crippen LogP contribution in [-0.2, 0) is 26.0 Å². The van der Waals surface area contributed by atoms with Crippen LogP contribution in [0.1, 0.15) is 49.8 Å². The van der Waals surface area contributed by atoms with Crippen molar-refractivity contribution < 1.29 is 35.6 Å². The lowest BCUT2D eigenvalue weighted by Crippen LogP contribution is -2.57. The van der Waals surface area contributed by atoms with Gasteiger partial charge < -0.3 is 10.2 Å². The van der Waals surface area contributed by atoms with Crippen molar-refractivity contribution in [2.75, 3.05) is 32.7 Å². The van der Waals surface area contributed by atoms with Crippen molar-refractivity contribution >= 4 is 22.0 Å². The third-order valence-electron chi connectivity index (χ3n) is 7.67. The monoisotopic (exact) mass is 585 g/mol. The van der Waals surface area contributed by atoms with Gasteiger partial charge in [-0.1, -0.05) is 18.2 Å². The average molecular weight is 586 g/mol. The van der Waals surface area contributed by atoms with Gasteiger partial charge in [-0.05, 0) is 44.7 Å². The van der Waals surface area contributed by atoms with Gasteiger partial charge >= 0.3 is 6.18 Å². The van der Waals surface area contributed by atoms with Gasteiger partial charge in [0.05, 0.1) is 29.5 Å². The van der Waals surface area contributed by atoms with E-state index in [9.17, 15) is 35.6 Å². The molecule has 3 fully saturated rings. The van der Waals surface area contributed by atoms with Crippen LogP contribution < -0.4 is 5.32 Å². The number of halogens is 4. The first kappa shape index (κ1) is 30.0. The third kappa shape index (κ3) is 6.01. The van der Waals surface area contributed by atoms with E-state index in [4.69, 9.17) is 5.26 Å². The molecule has 0 aromatic heterocycles. The van der Waals surface area contributed by atoms with Crippen LogP contribution in [0, 0.1) is 29.0 Å². The van der Waals surface area contributed by atoms with Crippen LogP contribution in [0.3, 0.4) is 0 Å². The second-order valence-electron chi connectivity index (χ2n) is 10.6. The molecule has 0 bridgehead atoms. The molecule has 40 heavy (non-hydrogen) atoms. The zero-order valence-corrected chi connectivity index (χ0v) is 22.8. The number of carbonyl (C=O) groups is 2. The Bertz CT molecular complexity index is 1320. The summed E-state index contributed by atoms with van der Waals surface area (Å²) in [6, 6.07) is 2.08. The number of rotatable bonds is 7. The molecule has 0 unspecified atom stereocenters. The summed E-state index contributed by atoms with van der Waals surface area (Å²) in [5, 5.41) is 11.6. The van der Waals surface area contributed by atoms with E-state index in [1.165, 1.54) is 20.4 Å². The number of hydrogen-bond donors (Lipinski definition) is 1. The Kier molecular flexibility index (Phi) is 8.58. The van der Waals surface area contributed by atoms with E-state index in [0.717, 1.165) is 12.1 Å². The molecule has 0 spiro atoms. The maximum atomic E-state index is 14.7. The third-order valence-corrected chi connectivity index (χ3v) is 9.61. The summed E-state index contributed by atoms with van der Waals surface area (Å²) >= 11 is 0. The number of piperidine rings is 1. The summed E-state index contributed by atoms with van der Waals surface area (Å²) in [6.07, 6.45) is -2.97.